The number of thiazole rings is 1. The van der Waals surface area contributed by atoms with E-state index in [4.69, 9.17) is 0 Å². The first kappa shape index (κ1) is 20.9. The number of benzene rings is 2. The Hall–Kier alpha value is -3.39. The Labute approximate surface area is 185 Å². The van der Waals surface area contributed by atoms with E-state index in [2.05, 4.69) is 57.0 Å². The minimum absolute atomic E-state index is 0.167. The van der Waals surface area contributed by atoms with Gasteiger partial charge in [0.05, 0.1) is 22.4 Å². The number of aryl methyl sites for hydroxylation is 3. The van der Waals surface area contributed by atoms with Crippen molar-refractivity contribution in [2.24, 2.45) is 0 Å². The molecule has 4 aromatic rings. The van der Waals surface area contributed by atoms with Crippen LogP contribution in [0, 0.1) is 13.8 Å². The highest BCUT2D eigenvalue weighted by atomic mass is 32.1. The summed E-state index contributed by atoms with van der Waals surface area (Å²) in [7, 11) is 0. The van der Waals surface area contributed by atoms with Crippen LogP contribution >= 0.6 is 11.3 Å². The van der Waals surface area contributed by atoms with Crippen molar-refractivity contribution in [3.8, 4) is 16.8 Å². The highest BCUT2D eigenvalue weighted by Gasteiger charge is 2.17. The first-order chi connectivity index (χ1) is 14.9. The van der Waals surface area contributed by atoms with Gasteiger partial charge in [-0.15, -0.1) is 16.4 Å². The number of hydrogen-bond donors (Lipinski definition) is 1. The van der Waals surface area contributed by atoms with Crippen LogP contribution in [-0.4, -0.2) is 31.1 Å². The summed E-state index contributed by atoms with van der Waals surface area (Å²) in [6, 6.07) is 13.8. The Bertz CT molecular complexity index is 1210. The molecule has 1 amide bonds. The molecule has 4 rings (SSSR count). The molecule has 0 radical (unpaired) electrons. The third-order valence-electron chi connectivity index (χ3n) is 5.09. The van der Waals surface area contributed by atoms with Crippen molar-refractivity contribution in [2.75, 3.05) is 0 Å². The Morgan fingerprint density at radius 1 is 1.13 bits per heavy atom. The smallest absolute Gasteiger partial charge is 0.251 e. The molecule has 7 nitrogen and oxygen atoms in total. The van der Waals surface area contributed by atoms with Gasteiger partial charge in [-0.1, -0.05) is 36.8 Å². The molecule has 31 heavy (non-hydrogen) atoms. The van der Waals surface area contributed by atoms with Gasteiger partial charge in [-0.25, -0.2) is 4.98 Å². The number of rotatable bonds is 6. The zero-order valence-corrected chi connectivity index (χ0v) is 18.8. The number of tetrazole rings is 1. The van der Waals surface area contributed by atoms with E-state index in [1.165, 1.54) is 5.56 Å². The lowest BCUT2D eigenvalue weighted by Gasteiger charge is -2.14. The molecule has 158 valence electrons. The predicted molar refractivity (Wildman–Crippen MR) is 121 cm³/mol. The van der Waals surface area contributed by atoms with E-state index in [0.29, 0.717) is 12.0 Å². The quantitative estimate of drug-likeness (QED) is 0.486. The largest absolute Gasteiger partial charge is 0.344 e. The fourth-order valence-corrected chi connectivity index (χ4v) is 4.04. The number of carbonyl (C=O) groups is 1. The van der Waals surface area contributed by atoms with Crippen molar-refractivity contribution in [3.05, 3.63) is 75.5 Å². The number of nitrogens with zero attached hydrogens (tertiary/aromatic N) is 5. The second kappa shape index (κ2) is 8.77. The minimum atomic E-state index is -0.192. The maximum Gasteiger partial charge on any atom is 0.251 e. The molecule has 1 atom stereocenters. The monoisotopic (exact) mass is 432 g/mol. The van der Waals surface area contributed by atoms with Crippen LogP contribution in [0.2, 0.25) is 0 Å². The van der Waals surface area contributed by atoms with Gasteiger partial charge in [-0.3, -0.25) is 4.79 Å². The Kier molecular flexibility index (Phi) is 5.90. The maximum absolute atomic E-state index is 13.2. The third kappa shape index (κ3) is 4.54. The zero-order chi connectivity index (χ0) is 22.0. The average molecular weight is 433 g/mol. The van der Waals surface area contributed by atoms with Crippen molar-refractivity contribution in [1.29, 1.82) is 0 Å². The molecule has 0 bridgehead atoms. The number of hydrogen-bond acceptors (Lipinski definition) is 6. The van der Waals surface area contributed by atoms with E-state index in [1.807, 2.05) is 44.4 Å². The molecule has 1 unspecified atom stereocenters. The minimum Gasteiger partial charge on any atom is -0.344 e. The van der Waals surface area contributed by atoms with Crippen LogP contribution in [0.1, 0.15) is 52.3 Å². The number of aromatic nitrogens is 5. The molecule has 1 N–H and O–H groups in total. The van der Waals surface area contributed by atoms with Crippen LogP contribution in [0.5, 0.6) is 0 Å². The van der Waals surface area contributed by atoms with Gasteiger partial charge >= 0.3 is 0 Å². The molecule has 2 aromatic heterocycles. The second-order valence-corrected chi connectivity index (χ2v) is 8.54. The normalized spacial score (nSPS) is 12.0. The first-order valence-electron chi connectivity index (χ1n) is 10.2. The van der Waals surface area contributed by atoms with E-state index >= 15 is 0 Å². The first-order valence-corrected chi connectivity index (χ1v) is 11.0. The predicted octanol–water partition coefficient (Wildman–Crippen LogP) is 4.46. The standard InChI is InChI=1S/C23H24N6OS/c1-5-22-26-27-28-29(22)20-11-18(17-8-6-14(2)7-9-17)10-19(12-20)23(30)24-15(3)21-13-31-16(4)25-21/h6-13,15H,5H2,1-4H3,(H,24,30). The van der Waals surface area contributed by atoms with Gasteiger partial charge in [0.1, 0.15) is 0 Å². The molecule has 8 heteroatoms. The van der Waals surface area contributed by atoms with Crippen LogP contribution in [0.3, 0.4) is 0 Å². The van der Waals surface area contributed by atoms with Crippen LogP contribution in [0.15, 0.2) is 47.8 Å². The molecular formula is C23H24N6OS. The van der Waals surface area contributed by atoms with Crippen molar-refractivity contribution in [1.82, 2.24) is 30.5 Å². The van der Waals surface area contributed by atoms with Crippen molar-refractivity contribution in [2.45, 2.75) is 40.2 Å². The van der Waals surface area contributed by atoms with Crippen LogP contribution in [-0.2, 0) is 6.42 Å². The van der Waals surface area contributed by atoms with Gasteiger partial charge in [0.2, 0.25) is 0 Å². The molecule has 0 saturated heterocycles. The molecular weight excluding hydrogens is 408 g/mol. The van der Waals surface area contributed by atoms with Gasteiger partial charge in [0, 0.05) is 17.4 Å². The summed E-state index contributed by atoms with van der Waals surface area (Å²) in [5.74, 6) is 0.568. The summed E-state index contributed by atoms with van der Waals surface area (Å²) in [4.78, 5) is 17.6. The summed E-state index contributed by atoms with van der Waals surface area (Å²) in [5, 5.41) is 18.0. The van der Waals surface area contributed by atoms with Crippen molar-refractivity contribution < 1.29 is 4.79 Å². The molecule has 0 aliphatic rings. The van der Waals surface area contributed by atoms with Gasteiger partial charge in [0.15, 0.2) is 5.82 Å². The van der Waals surface area contributed by atoms with Crippen LogP contribution in [0.25, 0.3) is 16.8 Å². The molecule has 0 fully saturated rings. The van der Waals surface area contributed by atoms with Gasteiger partial charge in [-0.2, -0.15) is 4.68 Å². The SMILES string of the molecule is CCc1nnnn1-c1cc(C(=O)NC(C)c2csc(C)n2)cc(-c2ccc(C)cc2)c1. The van der Waals surface area contributed by atoms with E-state index in [-0.39, 0.29) is 11.9 Å². The molecule has 2 heterocycles. The average Bonchev–Trinajstić information content (AvgIpc) is 3.42. The fourth-order valence-electron chi connectivity index (χ4n) is 3.34. The highest BCUT2D eigenvalue weighted by Crippen LogP contribution is 2.26. The van der Waals surface area contributed by atoms with E-state index < -0.39 is 0 Å². The lowest BCUT2D eigenvalue weighted by molar-refractivity contribution is 0.0939. The summed E-state index contributed by atoms with van der Waals surface area (Å²) in [6.45, 7) is 7.94. The third-order valence-corrected chi connectivity index (χ3v) is 5.88. The van der Waals surface area contributed by atoms with Gasteiger partial charge in [0.25, 0.3) is 5.91 Å². The van der Waals surface area contributed by atoms with Gasteiger partial charge in [-0.05, 0) is 60.5 Å². The van der Waals surface area contributed by atoms with Crippen molar-refractivity contribution >= 4 is 17.2 Å². The maximum atomic E-state index is 13.2. The molecule has 2 aromatic carbocycles. The van der Waals surface area contributed by atoms with E-state index in [0.717, 1.165) is 33.3 Å². The second-order valence-electron chi connectivity index (χ2n) is 7.48. The molecule has 0 spiro atoms. The molecule has 0 aliphatic heterocycles. The molecule has 0 aliphatic carbocycles. The Balaban J connectivity index is 1.73. The van der Waals surface area contributed by atoms with Crippen LogP contribution in [0.4, 0.5) is 0 Å². The number of nitrogens with one attached hydrogen (secondary N) is 1. The van der Waals surface area contributed by atoms with Crippen LogP contribution < -0.4 is 5.32 Å². The highest BCUT2D eigenvalue weighted by molar-refractivity contribution is 7.09. The Morgan fingerprint density at radius 3 is 2.58 bits per heavy atom. The summed E-state index contributed by atoms with van der Waals surface area (Å²) in [5.41, 5.74) is 5.29. The van der Waals surface area contributed by atoms with Crippen molar-refractivity contribution in [3.63, 3.8) is 0 Å². The fraction of sp³-hybridized carbons (Fsp3) is 0.261. The zero-order valence-electron chi connectivity index (χ0n) is 18.0. The number of amides is 1. The lowest BCUT2D eigenvalue weighted by Crippen LogP contribution is -2.27. The molecule has 0 saturated carbocycles. The van der Waals surface area contributed by atoms with E-state index in [1.54, 1.807) is 16.0 Å². The lowest BCUT2D eigenvalue weighted by atomic mass is 10.0. The van der Waals surface area contributed by atoms with Gasteiger partial charge < -0.3 is 5.32 Å². The summed E-state index contributed by atoms with van der Waals surface area (Å²) < 4.78 is 1.68. The summed E-state index contributed by atoms with van der Waals surface area (Å²) >= 11 is 1.57. The summed E-state index contributed by atoms with van der Waals surface area (Å²) in [6.07, 6.45) is 0.684. The Morgan fingerprint density at radius 2 is 1.90 bits per heavy atom. The number of carbonyl (C=O) groups excluding carboxylic acids is 1. The van der Waals surface area contributed by atoms with E-state index in [9.17, 15) is 4.79 Å². The topological polar surface area (TPSA) is 85.6 Å².